The van der Waals surface area contributed by atoms with E-state index in [0.29, 0.717) is 0 Å². The van der Waals surface area contributed by atoms with Gasteiger partial charge in [-0.05, 0) is 11.6 Å². The Bertz CT molecular complexity index is 516. The van der Waals surface area contributed by atoms with Gasteiger partial charge in [-0.3, -0.25) is 4.79 Å². The third-order valence-electron chi connectivity index (χ3n) is 1.88. The van der Waals surface area contributed by atoms with Crippen LogP contribution in [0.5, 0.6) is 0 Å². The Labute approximate surface area is 115 Å². The van der Waals surface area contributed by atoms with E-state index in [9.17, 15) is 14.4 Å². The second-order valence-corrected chi connectivity index (χ2v) is 3.56. The maximum Gasteiger partial charge on any atom is 0.331 e. The molecule has 0 aromatic heterocycles. The highest BCUT2D eigenvalue weighted by atomic mass is 16.4. The molecule has 0 heterocycles. The lowest BCUT2D eigenvalue weighted by atomic mass is 10.2. The molecule has 20 heavy (non-hydrogen) atoms. The smallest absolute Gasteiger partial charge is 0.331 e. The van der Waals surface area contributed by atoms with Crippen molar-refractivity contribution in [1.29, 1.82) is 0 Å². The van der Waals surface area contributed by atoms with Crippen LogP contribution in [0.4, 0.5) is 0 Å². The lowest BCUT2D eigenvalue weighted by Gasteiger charge is -1.91. The molecule has 3 N–H and O–H groups in total. The van der Waals surface area contributed by atoms with Gasteiger partial charge in [-0.25, -0.2) is 9.59 Å². The summed E-state index contributed by atoms with van der Waals surface area (Å²) in [6.45, 7) is 3.01. The zero-order valence-electron chi connectivity index (χ0n) is 10.5. The first kappa shape index (κ1) is 17.1. The molecule has 0 radical (unpaired) electrons. The van der Waals surface area contributed by atoms with E-state index in [1.54, 1.807) is 6.08 Å². The fourth-order valence-electron chi connectivity index (χ4n) is 0.990. The molecular formula is C14H14O6. The molecule has 0 saturated carbocycles. The van der Waals surface area contributed by atoms with Crippen molar-refractivity contribution in [2.45, 2.75) is 6.42 Å². The van der Waals surface area contributed by atoms with Crippen LogP contribution in [-0.4, -0.2) is 33.2 Å². The van der Waals surface area contributed by atoms with Gasteiger partial charge in [0.15, 0.2) is 0 Å². The van der Waals surface area contributed by atoms with Gasteiger partial charge in [0.25, 0.3) is 0 Å². The second kappa shape index (κ2) is 9.09. The van der Waals surface area contributed by atoms with Gasteiger partial charge >= 0.3 is 17.9 Å². The molecule has 6 nitrogen and oxygen atoms in total. The topological polar surface area (TPSA) is 112 Å². The molecule has 1 rings (SSSR count). The number of hydrogen-bond acceptors (Lipinski definition) is 3. The number of carboxylic acids is 3. The van der Waals surface area contributed by atoms with Crippen LogP contribution in [0, 0.1) is 0 Å². The average Bonchev–Trinajstić information content (AvgIpc) is 2.37. The van der Waals surface area contributed by atoms with E-state index < -0.39 is 24.3 Å². The normalized spacial score (nSPS) is 9.40. The molecule has 0 saturated heterocycles. The summed E-state index contributed by atoms with van der Waals surface area (Å²) in [6, 6.07) is 9.31. The van der Waals surface area contributed by atoms with Crippen molar-refractivity contribution in [1.82, 2.24) is 0 Å². The minimum Gasteiger partial charge on any atom is -0.481 e. The minimum atomic E-state index is -1.27. The van der Waals surface area contributed by atoms with Crippen LogP contribution in [0.2, 0.25) is 0 Å². The quantitative estimate of drug-likeness (QED) is 0.709. The Balaban J connectivity index is 0.000000370. The Morgan fingerprint density at radius 1 is 1.05 bits per heavy atom. The van der Waals surface area contributed by atoms with Crippen LogP contribution >= 0.6 is 0 Å². The molecule has 1 aromatic carbocycles. The summed E-state index contributed by atoms with van der Waals surface area (Å²) in [5.41, 5.74) is 0.595. The largest absolute Gasteiger partial charge is 0.481 e. The molecule has 0 amide bonds. The molecule has 0 aliphatic carbocycles. The lowest BCUT2D eigenvalue weighted by Crippen LogP contribution is -2.04. The number of carbonyl (C=O) groups is 3. The average molecular weight is 278 g/mol. The first-order valence-corrected chi connectivity index (χ1v) is 5.42. The van der Waals surface area contributed by atoms with Crippen LogP contribution in [0.25, 0.3) is 6.08 Å². The number of hydrogen-bond donors (Lipinski definition) is 3. The Morgan fingerprint density at radius 3 is 1.95 bits per heavy atom. The Kier molecular flexibility index (Phi) is 7.78. The molecule has 0 atom stereocenters. The van der Waals surface area contributed by atoms with Gasteiger partial charge in [-0.15, -0.1) is 0 Å². The molecule has 1 aromatic rings. The van der Waals surface area contributed by atoms with Gasteiger partial charge in [0.1, 0.15) is 0 Å². The van der Waals surface area contributed by atoms with Crippen molar-refractivity contribution in [3.63, 3.8) is 0 Å². The van der Waals surface area contributed by atoms with Crippen molar-refractivity contribution in [2.24, 2.45) is 0 Å². The third-order valence-corrected chi connectivity index (χ3v) is 1.88. The number of aliphatic carboxylic acids is 3. The number of rotatable bonds is 5. The van der Waals surface area contributed by atoms with Crippen LogP contribution in [0.1, 0.15) is 12.0 Å². The lowest BCUT2D eigenvalue weighted by molar-refractivity contribution is -0.139. The molecular weight excluding hydrogens is 264 g/mol. The van der Waals surface area contributed by atoms with Gasteiger partial charge < -0.3 is 15.3 Å². The second-order valence-electron chi connectivity index (χ2n) is 3.56. The first-order chi connectivity index (χ1) is 9.32. The van der Waals surface area contributed by atoms with Crippen LogP contribution < -0.4 is 0 Å². The molecule has 6 heteroatoms. The summed E-state index contributed by atoms with van der Waals surface area (Å²) >= 11 is 0. The number of benzene rings is 1. The molecule has 0 fully saturated rings. The van der Waals surface area contributed by atoms with Gasteiger partial charge in [0.2, 0.25) is 0 Å². The van der Waals surface area contributed by atoms with E-state index in [4.69, 9.17) is 15.3 Å². The van der Waals surface area contributed by atoms with Crippen LogP contribution in [-0.2, 0) is 14.4 Å². The highest BCUT2D eigenvalue weighted by Crippen LogP contribution is 2.00. The molecule has 0 aliphatic heterocycles. The zero-order chi connectivity index (χ0) is 15.5. The Morgan fingerprint density at radius 2 is 1.60 bits per heavy atom. The van der Waals surface area contributed by atoms with E-state index >= 15 is 0 Å². The van der Waals surface area contributed by atoms with Gasteiger partial charge in [0, 0.05) is 11.6 Å². The zero-order valence-corrected chi connectivity index (χ0v) is 10.5. The van der Waals surface area contributed by atoms with E-state index in [2.05, 4.69) is 6.58 Å². The van der Waals surface area contributed by atoms with E-state index in [1.807, 2.05) is 30.3 Å². The standard InChI is InChI=1S/C9H8O2.C5H6O4/c10-9(11)7-6-8-4-2-1-3-5-8;1-3(5(8)9)2-4(6)7/h1-7H,(H,10,11);1-2H2,(H,6,7)(H,8,9). The first-order valence-electron chi connectivity index (χ1n) is 5.42. The predicted octanol–water partition coefficient (Wildman–Crippen LogP) is 1.89. The molecule has 0 spiro atoms. The third kappa shape index (κ3) is 9.17. The minimum absolute atomic E-state index is 0.303. The van der Waals surface area contributed by atoms with Crippen LogP contribution in [0.15, 0.2) is 48.6 Å². The van der Waals surface area contributed by atoms with Gasteiger partial charge in [-0.2, -0.15) is 0 Å². The van der Waals surface area contributed by atoms with Crippen molar-refractivity contribution < 1.29 is 29.7 Å². The maximum absolute atomic E-state index is 10.1. The SMILES string of the molecule is C=C(CC(=O)O)C(=O)O.O=C(O)C=Cc1ccccc1. The summed E-state index contributed by atoms with van der Waals surface area (Å²) < 4.78 is 0. The van der Waals surface area contributed by atoms with Crippen LogP contribution in [0.3, 0.4) is 0 Å². The predicted molar refractivity (Wildman–Crippen MR) is 72.1 cm³/mol. The highest BCUT2D eigenvalue weighted by molar-refractivity contribution is 5.91. The fourth-order valence-corrected chi connectivity index (χ4v) is 0.990. The van der Waals surface area contributed by atoms with Crippen molar-refractivity contribution in [3.8, 4) is 0 Å². The summed E-state index contributed by atoms with van der Waals surface area (Å²) in [6.07, 6.45) is 2.17. The van der Waals surface area contributed by atoms with Gasteiger partial charge in [-0.1, -0.05) is 36.9 Å². The van der Waals surface area contributed by atoms with Gasteiger partial charge in [0.05, 0.1) is 6.42 Å². The van der Waals surface area contributed by atoms with E-state index in [1.165, 1.54) is 0 Å². The maximum atomic E-state index is 10.1. The molecule has 106 valence electrons. The number of carboxylic acid groups (broad SMARTS) is 3. The monoisotopic (exact) mass is 278 g/mol. The summed E-state index contributed by atoms with van der Waals surface area (Å²) in [5.74, 6) is -3.37. The van der Waals surface area contributed by atoms with E-state index in [0.717, 1.165) is 11.6 Å². The molecule has 0 bridgehead atoms. The fraction of sp³-hybridized carbons (Fsp3) is 0.0714. The summed E-state index contributed by atoms with van der Waals surface area (Å²) in [7, 11) is 0. The highest BCUT2D eigenvalue weighted by Gasteiger charge is 2.07. The molecule has 0 aliphatic rings. The van der Waals surface area contributed by atoms with Crippen molar-refractivity contribution in [2.75, 3.05) is 0 Å². The van der Waals surface area contributed by atoms with E-state index in [-0.39, 0.29) is 5.57 Å². The summed E-state index contributed by atoms with van der Waals surface area (Å²) in [5, 5.41) is 24.4. The van der Waals surface area contributed by atoms with Crippen molar-refractivity contribution >= 4 is 24.0 Å². The van der Waals surface area contributed by atoms with Crippen molar-refractivity contribution in [3.05, 3.63) is 54.1 Å². The summed E-state index contributed by atoms with van der Waals surface area (Å²) in [4.78, 5) is 29.7. The Hall–Kier alpha value is -2.89. The molecule has 0 unspecified atom stereocenters.